The number of rotatable bonds is 6. The fourth-order valence-corrected chi connectivity index (χ4v) is 0.758. The fraction of sp³-hybridized carbons (Fsp3) is 0.500. The minimum absolute atomic E-state index is 0.0929. The molecule has 0 unspecified atom stereocenters. The zero-order valence-corrected chi connectivity index (χ0v) is 7.56. The zero-order chi connectivity index (χ0) is 11.0. The van der Waals surface area contributed by atoms with Crippen molar-refractivity contribution in [2.75, 3.05) is 6.61 Å². The molecule has 0 aromatic carbocycles. The first kappa shape index (κ1) is 12.3. The molecular formula is C8H12O6. The summed E-state index contributed by atoms with van der Waals surface area (Å²) in [4.78, 5) is 19.9. The molecule has 0 spiro atoms. The van der Waals surface area contributed by atoms with Crippen molar-refractivity contribution in [3.8, 4) is 0 Å². The van der Waals surface area contributed by atoms with Crippen molar-refractivity contribution < 1.29 is 29.3 Å². The standard InChI is InChI=1S/C8H12O6/c1-6(14-8(11)12)4-2-3-5-13-7(9)10/h1-5H2,(H,9,10)(H,11,12). The molecule has 80 valence electrons. The molecule has 0 amide bonds. The van der Waals surface area contributed by atoms with Crippen LogP contribution in [0, 0.1) is 0 Å². The average Bonchev–Trinajstić information content (AvgIpc) is 2.01. The predicted octanol–water partition coefficient (Wildman–Crippen LogP) is 2.06. The number of hydrogen-bond acceptors (Lipinski definition) is 4. The fourth-order valence-electron chi connectivity index (χ4n) is 0.758. The number of carboxylic acid groups (broad SMARTS) is 2. The molecule has 0 aliphatic carbocycles. The van der Waals surface area contributed by atoms with Crippen LogP contribution < -0.4 is 0 Å². The topological polar surface area (TPSA) is 93.1 Å². The van der Waals surface area contributed by atoms with Gasteiger partial charge in [0.2, 0.25) is 0 Å². The van der Waals surface area contributed by atoms with Crippen molar-refractivity contribution in [1.29, 1.82) is 0 Å². The minimum atomic E-state index is -1.39. The molecule has 0 aromatic rings. The van der Waals surface area contributed by atoms with Crippen LogP contribution >= 0.6 is 0 Å². The minimum Gasteiger partial charge on any atom is -0.450 e. The van der Waals surface area contributed by atoms with Gasteiger partial charge in [-0.05, 0) is 12.8 Å². The van der Waals surface area contributed by atoms with E-state index in [1.807, 2.05) is 0 Å². The van der Waals surface area contributed by atoms with Gasteiger partial charge in [-0.15, -0.1) is 0 Å². The zero-order valence-electron chi connectivity index (χ0n) is 7.56. The monoisotopic (exact) mass is 204 g/mol. The molecule has 0 rings (SSSR count). The van der Waals surface area contributed by atoms with Gasteiger partial charge in [-0.25, -0.2) is 9.59 Å². The quantitative estimate of drug-likeness (QED) is 0.390. The molecule has 2 N–H and O–H groups in total. The molecule has 0 bridgehead atoms. The van der Waals surface area contributed by atoms with E-state index < -0.39 is 12.3 Å². The molecule has 0 aromatic heterocycles. The Hall–Kier alpha value is -1.72. The van der Waals surface area contributed by atoms with E-state index in [1.54, 1.807) is 0 Å². The van der Waals surface area contributed by atoms with Crippen molar-refractivity contribution in [2.24, 2.45) is 0 Å². The maximum Gasteiger partial charge on any atom is 0.510 e. The van der Waals surface area contributed by atoms with E-state index in [4.69, 9.17) is 10.2 Å². The smallest absolute Gasteiger partial charge is 0.450 e. The Bertz CT molecular complexity index is 222. The van der Waals surface area contributed by atoms with Crippen molar-refractivity contribution in [1.82, 2.24) is 0 Å². The van der Waals surface area contributed by atoms with E-state index in [-0.39, 0.29) is 12.4 Å². The Kier molecular flexibility index (Phi) is 5.93. The van der Waals surface area contributed by atoms with Gasteiger partial charge in [0.15, 0.2) is 0 Å². The maximum absolute atomic E-state index is 10.0. The first-order chi connectivity index (χ1) is 6.52. The Labute approximate surface area is 80.7 Å². The lowest BCUT2D eigenvalue weighted by molar-refractivity contribution is 0.0897. The van der Waals surface area contributed by atoms with Crippen LogP contribution in [0.4, 0.5) is 9.59 Å². The van der Waals surface area contributed by atoms with E-state index in [1.165, 1.54) is 0 Å². The second kappa shape index (κ2) is 6.76. The Morgan fingerprint density at radius 1 is 1.14 bits per heavy atom. The highest BCUT2D eigenvalue weighted by molar-refractivity contribution is 5.58. The summed E-state index contributed by atoms with van der Waals surface area (Å²) in [6.45, 7) is 3.46. The van der Waals surface area contributed by atoms with Crippen LogP contribution in [0.15, 0.2) is 12.3 Å². The van der Waals surface area contributed by atoms with Gasteiger partial charge < -0.3 is 19.7 Å². The first-order valence-electron chi connectivity index (χ1n) is 3.96. The van der Waals surface area contributed by atoms with Gasteiger partial charge >= 0.3 is 12.3 Å². The summed E-state index contributed by atoms with van der Waals surface area (Å²) in [5.74, 6) is 0.146. The summed E-state index contributed by atoms with van der Waals surface area (Å²) in [5, 5.41) is 16.3. The van der Waals surface area contributed by atoms with Gasteiger partial charge in [-0.2, -0.15) is 0 Å². The van der Waals surface area contributed by atoms with Crippen molar-refractivity contribution in [3.05, 3.63) is 12.3 Å². The van der Waals surface area contributed by atoms with Crippen LogP contribution in [0.25, 0.3) is 0 Å². The third-order valence-corrected chi connectivity index (χ3v) is 1.31. The molecule has 0 fully saturated rings. The van der Waals surface area contributed by atoms with Crippen molar-refractivity contribution in [3.63, 3.8) is 0 Å². The highest BCUT2D eigenvalue weighted by atomic mass is 16.7. The predicted molar refractivity (Wildman–Crippen MR) is 46.1 cm³/mol. The largest absolute Gasteiger partial charge is 0.510 e. The Morgan fingerprint density at radius 2 is 1.79 bits per heavy atom. The number of ether oxygens (including phenoxy) is 2. The van der Waals surface area contributed by atoms with Gasteiger partial charge in [0.1, 0.15) is 5.76 Å². The lowest BCUT2D eigenvalue weighted by Gasteiger charge is -2.03. The van der Waals surface area contributed by atoms with Crippen molar-refractivity contribution in [2.45, 2.75) is 19.3 Å². The first-order valence-corrected chi connectivity index (χ1v) is 3.96. The molecule has 6 nitrogen and oxygen atoms in total. The highest BCUT2D eigenvalue weighted by Crippen LogP contribution is 2.06. The van der Waals surface area contributed by atoms with Gasteiger partial charge in [-0.1, -0.05) is 6.58 Å². The van der Waals surface area contributed by atoms with Crippen LogP contribution in [-0.4, -0.2) is 29.1 Å². The van der Waals surface area contributed by atoms with Gasteiger partial charge in [0.05, 0.1) is 6.61 Å². The van der Waals surface area contributed by atoms with Crippen LogP contribution in [-0.2, 0) is 9.47 Å². The third kappa shape index (κ3) is 8.38. The summed E-state index contributed by atoms with van der Waals surface area (Å²) in [6.07, 6.45) is -1.26. The molecule has 0 heterocycles. The summed E-state index contributed by atoms with van der Waals surface area (Å²) in [5.41, 5.74) is 0. The van der Waals surface area contributed by atoms with E-state index in [2.05, 4.69) is 16.1 Å². The summed E-state index contributed by atoms with van der Waals surface area (Å²) < 4.78 is 8.48. The van der Waals surface area contributed by atoms with Crippen molar-refractivity contribution >= 4 is 12.3 Å². The molecule has 0 aliphatic rings. The number of allylic oxidation sites excluding steroid dienone is 1. The van der Waals surface area contributed by atoms with Crippen LogP contribution in [0.3, 0.4) is 0 Å². The van der Waals surface area contributed by atoms with E-state index in [0.29, 0.717) is 19.3 Å². The van der Waals surface area contributed by atoms with Gasteiger partial charge in [-0.3, -0.25) is 0 Å². The second-order valence-corrected chi connectivity index (χ2v) is 2.48. The van der Waals surface area contributed by atoms with Gasteiger partial charge in [0.25, 0.3) is 0 Å². The maximum atomic E-state index is 10.0. The molecular weight excluding hydrogens is 192 g/mol. The number of hydrogen-bond donors (Lipinski definition) is 2. The van der Waals surface area contributed by atoms with E-state index >= 15 is 0 Å². The lowest BCUT2D eigenvalue weighted by Crippen LogP contribution is -2.03. The SMILES string of the molecule is C=C(CCCCOC(=O)O)OC(=O)O. The van der Waals surface area contributed by atoms with Gasteiger partial charge in [0, 0.05) is 6.42 Å². The summed E-state index contributed by atoms with van der Waals surface area (Å²) in [7, 11) is 0. The van der Waals surface area contributed by atoms with Crippen LogP contribution in [0.1, 0.15) is 19.3 Å². The molecule has 0 saturated carbocycles. The van der Waals surface area contributed by atoms with Crippen LogP contribution in [0.2, 0.25) is 0 Å². The Morgan fingerprint density at radius 3 is 2.29 bits per heavy atom. The highest BCUT2D eigenvalue weighted by Gasteiger charge is 2.02. The molecule has 0 radical (unpaired) electrons. The molecule has 0 saturated heterocycles. The average molecular weight is 204 g/mol. The number of unbranched alkanes of at least 4 members (excludes halogenated alkanes) is 1. The van der Waals surface area contributed by atoms with E-state index in [0.717, 1.165) is 0 Å². The second-order valence-electron chi connectivity index (χ2n) is 2.48. The summed E-state index contributed by atoms with van der Waals surface area (Å²) >= 11 is 0. The third-order valence-electron chi connectivity index (χ3n) is 1.31. The lowest BCUT2D eigenvalue weighted by atomic mass is 10.2. The normalized spacial score (nSPS) is 9.14. The molecule has 14 heavy (non-hydrogen) atoms. The number of carbonyl (C=O) groups is 2. The van der Waals surface area contributed by atoms with E-state index in [9.17, 15) is 9.59 Å². The summed E-state index contributed by atoms with van der Waals surface area (Å²) in [6, 6.07) is 0. The Balaban J connectivity index is 3.32. The molecule has 0 aliphatic heterocycles. The van der Waals surface area contributed by atoms with Crippen LogP contribution in [0.5, 0.6) is 0 Å². The molecule has 0 atom stereocenters. The molecule has 6 heteroatoms.